The minimum Gasteiger partial charge on any atom is -0.392 e. The summed E-state index contributed by atoms with van der Waals surface area (Å²) in [6.07, 6.45) is 3.48. The van der Waals surface area contributed by atoms with Crippen molar-refractivity contribution in [3.63, 3.8) is 0 Å². The number of ether oxygens (including phenoxy) is 5. The first kappa shape index (κ1) is 19.2. The summed E-state index contributed by atoms with van der Waals surface area (Å²) >= 11 is 0. The Bertz CT molecular complexity index is 781. The fraction of sp³-hybridized carbons (Fsp3) is 1.00. The fourth-order valence-electron chi connectivity index (χ4n) is 10.7. The van der Waals surface area contributed by atoms with Gasteiger partial charge in [-0.15, -0.1) is 0 Å². The highest BCUT2D eigenvalue weighted by atomic mass is 16.7. The van der Waals surface area contributed by atoms with Gasteiger partial charge in [0.1, 0.15) is 18.0 Å². The molecule has 168 valence electrons. The molecule has 3 spiro atoms. The third-order valence-corrected chi connectivity index (χ3v) is 11.2. The number of methoxy groups -OCH3 is 3. The van der Waals surface area contributed by atoms with E-state index in [-0.39, 0.29) is 53.8 Å². The van der Waals surface area contributed by atoms with Gasteiger partial charge in [-0.25, -0.2) is 0 Å². The van der Waals surface area contributed by atoms with E-state index in [4.69, 9.17) is 23.7 Å². The van der Waals surface area contributed by atoms with Crippen LogP contribution >= 0.6 is 0 Å². The van der Waals surface area contributed by atoms with Crippen LogP contribution in [0.1, 0.15) is 32.6 Å². The van der Waals surface area contributed by atoms with Gasteiger partial charge < -0.3 is 34.1 Å². The Hall–Kier alpha value is -0.280. The van der Waals surface area contributed by atoms with E-state index in [0.29, 0.717) is 11.8 Å². The molecule has 30 heavy (non-hydrogen) atoms. The topological polar surface area (TPSA) is 78.4 Å². The number of nitrogens with one attached hydrogen (secondary N) is 1. The summed E-state index contributed by atoms with van der Waals surface area (Å²) < 4.78 is 32.1. The zero-order valence-electron chi connectivity index (χ0n) is 18.4. The molecule has 7 nitrogen and oxygen atoms in total. The first-order chi connectivity index (χ1) is 14.5. The van der Waals surface area contributed by atoms with Crippen LogP contribution in [0.5, 0.6) is 0 Å². The van der Waals surface area contributed by atoms with Gasteiger partial charge >= 0.3 is 0 Å². The Morgan fingerprint density at radius 1 is 1.10 bits per heavy atom. The summed E-state index contributed by atoms with van der Waals surface area (Å²) in [5, 5.41) is 15.6. The van der Waals surface area contributed by atoms with Gasteiger partial charge in [-0.1, -0.05) is 6.92 Å². The maximum atomic E-state index is 11.6. The summed E-state index contributed by atoms with van der Waals surface area (Å²) in [7, 11) is 5.48. The molecule has 7 bridgehead atoms. The number of hydrogen-bond acceptors (Lipinski definition) is 7. The lowest BCUT2D eigenvalue weighted by Crippen LogP contribution is -2.80. The van der Waals surface area contributed by atoms with Crippen molar-refractivity contribution in [2.75, 3.05) is 34.7 Å². The molecule has 7 heteroatoms. The quantitative estimate of drug-likeness (QED) is 0.702. The molecule has 2 aliphatic heterocycles. The summed E-state index contributed by atoms with van der Waals surface area (Å²) in [5.41, 5.74) is -1.22. The molecular formula is C23H35NO6. The Morgan fingerprint density at radius 2 is 1.93 bits per heavy atom. The second kappa shape index (κ2) is 5.61. The third-order valence-electron chi connectivity index (χ3n) is 11.2. The van der Waals surface area contributed by atoms with Crippen LogP contribution in [0.25, 0.3) is 0 Å². The van der Waals surface area contributed by atoms with Gasteiger partial charge in [0.15, 0.2) is 0 Å². The maximum Gasteiger partial charge on any atom is 0.148 e. The van der Waals surface area contributed by atoms with Gasteiger partial charge in [0.25, 0.3) is 0 Å². The Morgan fingerprint density at radius 3 is 2.67 bits per heavy atom. The van der Waals surface area contributed by atoms with Crippen LogP contribution in [-0.2, 0) is 23.7 Å². The zero-order valence-corrected chi connectivity index (χ0v) is 18.4. The second-order valence-electron chi connectivity index (χ2n) is 11.5. The Balaban J connectivity index is 1.56. The van der Waals surface area contributed by atoms with Crippen LogP contribution in [0, 0.1) is 34.5 Å². The molecule has 1 unspecified atom stereocenters. The molecule has 2 heterocycles. The molecule has 2 N–H and O–H groups in total. The van der Waals surface area contributed by atoms with E-state index >= 15 is 0 Å². The lowest BCUT2D eigenvalue weighted by Gasteiger charge is -2.67. The Labute approximate surface area is 178 Å². The second-order valence-corrected chi connectivity index (χ2v) is 11.5. The number of aliphatic hydroxyl groups is 1. The lowest BCUT2D eigenvalue weighted by atomic mass is 9.43. The average molecular weight is 422 g/mol. The van der Waals surface area contributed by atoms with Crippen LogP contribution in [0.15, 0.2) is 0 Å². The lowest BCUT2D eigenvalue weighted by molar-refractivity contribution is -0.256. The van der Waals surface area contributed by atoms with Crippen molar-refractivity contribution in [2.24, 2.45) is 34.5 Å². The van der Waals surface area contributed by atoms with Crippen molar-refractivity contribution in [1.82, 2.24) is 5.32 Å². The van der Waals surface area contributed by atoms with Gasteiger partial charge in [-0.3, -0.25) is 0 Å². The summed E-state index contributed by atoms with van der Waals surface area (Å²) in [5.74, 6) is 0.814. The smallest absolute Gasteiger partial charge is 0.148 e. The van der Waals surface area contributed by atoms with Gasteiger partial charge in [-0.05, 0) is 30.6 Å². The van der Waals surface area contributed by atoms with E-state index in [9.17, 15) is 5.11 Å². The highest BCUT2D eigenvalue weighted by molar-refractivity contribution is 5.42. The van der Waals surface area contributed by atoms with Gasteiger partial charge in [0, 0.05) is 57.5 Å². The predicted octanol–water partition coefficient (Wildman–Crippen LogP) is 0.932. The number of hydrogen-bond donors (Lipinski definition) is 2. The molecule has 13 atom stereocenters. The van der Waals surface area contributed by atoms with Crippen LogP contribution in [-0.4, -0.2) is 81.4 Å². The van der Waals surface area contributed by atoms with Crippen LogP contribution in [0.3, 0.4) is 0 Å². The molecule has 5 saturated carbocycles. The largest absolute Gasteiger partial charge is 0.392 e. The molecule has 2 saturated heterocycles. The van der Waals surface area contributed by atoms with Crippen molar-refractivity contribution in [1.29, 1.82) is 0 Å². The van der Waals surface area contributed by atoms with Gasteiger partial charge in [0.05, 0.1) is 30.5 Å². The molecule has 0 amide bonds. The van der Waals surface area contributed by atoms with E-state index in [2.05, 4.69) is 12.2 Å². The molecule has 5 aliphatic carbocycles. The summed E-state index contributed by atoms with van der Waals surface area (Å²) in [6, 6.07) is 0.101. The van der Waals surface area contributed by atoms with Crippen LogP contribution in [0.2, 0.25) is 0 Å². The van der Waals surface area contributed by atoms with Gasteiger partial charge in [-0.2, -0.15) is 0 Å². The van der Waals surface area contributed by atoms with E-state index in [1.807, 2.05) is 14.2 Å². The predicted molar refractivity (Wildman–Crippen MR) is 106 cm³/mol. The molecular weight excluding hydrogens is 386 g/mol. The van der Waals surface area contributed by atoms with E-state index in [0.717, 1.165) is 32.2 Å². The zero-order chi connectivity index (χ0) is 20.7. The number of fused-ring (bicyclic) bond motifs is 1. The van der Waals surface area contributed by atoms with Crippen molar-refractivity contribution >= 4 is 0 Å². The van der Waals surface area contributed by atoms with Crippen molar-refractivity contribution in [2.45, 2.75) is 74.3 Å². The van der Waals surface area contributed by atoms with E-state index < -0.39 is 17.3 Å². The van der Waals surface area contributed by atoms with E-state index in [1.54, 1.807) is 7.11 Å². The van der Waals surface area contributed by atoms with Gasteiger partial charge in [0.2, 0.25) is 0 Å². The summed E-state index contributed by atoms with van der Waals surface area (Å²) in [4.78, 5) is 0. The van der Waals surface area contributed by atoms with Crippen LogP contribution in [0.4, 0.5) is 0 Å². The molecule has 0 aromatic carbocycles. The minimum absolute atomic E-state index is 0.0242. The molecule has 7 rings (SSSR count). The first-order valence-electron chi connectivity index (χ1n) is 11.7. The number of aliphatic hydroxyl groups excluding tert-OH is 1. The molecule has 7 fully saturated rings. The van der Waals surface area contributed by atoms with Crippen molar-refractivity contribution in [3.05, 3.63) is 0 Å². The average Bonchev–Trinajstić information content (AvgIpc) is 3.27. The third kappa shape index (κ3) is 1.59. The minimum atomic E-state index is -0.625. The highest BCUT2D eigenvalue weighted by Crippen LogP contribution is 2.81. The SMILES string of the molecule is COC1CC[C@@]2(C)CN[C@H]3[C@@]14[C@@H]1C[C@H]5[C@H](O)[C@@H]1[C@@]1(C[C@@H]5OC)OCO[C@@]31[C@@H](OC)[C@H]24. The molecule has 7 aliphatic rings. The van der Waals surface area contributed by atoms with Crippen LogP contribution < -0.4 is 5.32 Å². The first-order valence-corrected chi connectivity index (χ1v) is 11.7. The molecule has 0 aromatic heterocycles. The number of rotatable bonds is 3. The molecule has 0 aromatic rings. The van der Waals surface area contributed by atoms with E-state index in [1.165, 1.54) is 0 Å². The summed E-state index contributed by atoms with van der Waals surface area (Å²) in [6.45, 7) is 3.65. The normalized spacial score (nSPS) is 66.9. The fourth-order valence-corrected chi connectivity index (χ4v) is 10.7. The monoisotopic (exact) mass is 421 g/mol. The van der Waals surface area contributed by atoms with Crippen molar-refractivity contribution < 1.29 is 28.8 Å². The standard InChI is InChI=1S/C23H35NO6/c1-20-6-5-14(27-3)22-12-7-11-13(26-2)8-21(15(12)16(11)25)23(30-10-29-21,19(22)24-9-20)18(28-4)17(20)22/h11-19,24-25H,5-10H2,1-4H3/t11-,12-,13+,14?,15-,16+,17-,18+,19+,20+,21-,22+,23+/m1/s1. The molecule has 0 radical (unpaired) electrons. The van der Waals surface area contributed by atoms with Crippen molar-refractivity contribution in [3.8, 4) is 0 Å². The number of piperidine rings is 1. The highest BCUT2D eigenvalue weighted by Gasteiger charge is 2.92. The maximum absolute atomic E-state index is 11.6. The Kier molecular flexibility index (Phi) is 3.59.